The molecule has 120 valence electrons. The molecule has 1 aromatic rings. The lowest BCUT2D eigenvalue weighted by molar-refractivity contribution is -0.899. The SMILES string of the molecule is C[C@@H](NC(=O)C[NH+]1CCC[C@H](C(N)=O)C1)c1ccccc1Cl. The fourth-order valence-electron chi connectivity index (χ4n) is 2.98. The molecule has 22 heavy (non-hydrogen) atoms. The van der Waals surface area contributed by atoms with Crippen LogP contribution in [0.15, 0.2) is 24.3 Å². The van der Waals surface area contributed by atoms with Gasteiger partial charge in [-0.2, -0.15) is 0 Å². The van der Waals surface area contributed by atoms with Gasteiger partial charge in [-0.05, 0) is 31.4 Å². The Hall–Kier alpha value is -1.59. The molecule has 0 saturated carbocycles. The third-order valence-corrected chi connectivity index (χ3v) is 4.52. The largest absolute Gasteiger partial charge is 0.369 e. The summed E-state index contributed by atoms with van der Waals surface area (Å²) in [6, 6.07) is 7.34. The number of quaternary nitrogens is 1. The molecule has 0 radical (unpaired) electrons. The summed E-state index contributed by atoms with van der Waals surface area (Å²) in [4.78, 5) is 24.6. The van der Waals surface area contributed by atoms with Gasteiger partial charge < -0.3 is 16.0 Å². The lowest BCUT2D eigenvalue weighted by Crippen LogP contribution is -3.15. The Balaban J connectivity index is 1.87. The van der Waals surface area contributed by atoms with E-state index in [9.17, 15) is 9.59 Å². The zero-order chi connectivity index (χ0) is 16.1. The van der Waals surface area contributed by atoms with Crippen molar-refractivity contribution in [2.75, 3.05) is 19.6 Å². The van der Waals surface area contributed by atoms with Gasteiger partial charge in [0.25, 0.3) is 5.91 Å². The molecular formula is C16H23ClN3O2+. The molecule has 1 heterocycles. The van der Waals surface area contributed by atoms with Crippen LogP contribution in [0.5, 0.6) is 0 Å². The van der Waals surface area contributed by atoms with Crippen molar-refractivity contribution in [3.8, 4) is 0 Å². The Labute approximate surface area is 135 Å². The smallest absolute Gasteiger partial charge is 0.275 e. The third kappa shape index (κ3) is 4.45. The first-order valence-corrected chi connectivity index (χ1v) is 8.02. The van der Waals surface area contributed by atoms with E-state index < -0.39 is 0 Å². The summed E-state index contributed by atoms with van der Waals surface area (Å²) in [6.45, 7) is 3.82. The molecule has 1 saturated heterocycles. The number of hydrogen-bond donors (Lipinski definition) is 3. The highest BCUT2D eigenvalue weighted by Gasteiger charge is 2.28. The fraction of sp³-hybridized carbons (Fsp3) is 0.500. The average Bonchev–Trinajstić information content (AvgIpc) is 2.47. The molecule has 5 nitrogen and oxygen atoms in total. The number of benzene rings is 1. The summed E-state index contributed by atoms with van der Waals surface area (Å²) in [5.74, 6) is -0.410. The van der Waals surface area contributed by atoms with E-state index >= 15 is 0 Å². The highest BCUT2D eigenvalue weighted by atomic mass is 35.5. The number of nitrogens with two attached hydrogens (primary N) is 1. The maximum atomic E-state index is 12.2. The standard InChI is InChI=1S/C16H22ClN3O2/c1-11(13-6-2-3-7-14(13)17)19-15(21)10-20-8-4-5-12(9-20)16(18)22/h2-3,6-7,11-12H,4-5,8-10H2,1H3,(H2,18,22)(H,19,21)/p+1/t11-,12+/m1/s1. The van der Waals surface area contributed by atoms with Crippen LogP contribution in [0.2, 0.25) is 5.02 Å². The number of hydrogen-bond acceptors (Lipinski definition) is 2. The maximum absolute atomic E-state index is 12.2. The van der Waals surface area contributed by atoms with Gasteiger partial charge in [0.15, 0.2) is 6.54 Å². The molecule has 0 aromatic heterocycles. The molecule has 1 aromatic carbocycles. The number of primary amides is 1. The molecular weight excluding hydrogens is 302 g/mol. The molecule has 1 unspecified atom stereocenters. The maximum Gasteiger partial charge on any atom is 0.275 e. The predicted octanol–water partition coefficient (Wildman–Crippen LogP) is 0.297. The molecule has 0 spiro atoms. The monoisotopic (exact) mass is 324 g/mol. The number of rotatable bonds is 5. The van der Waals surface area contributed by atoms with Crippen molar-refractivity contribution >= 4 is 23.4 Å². The molecule has 2 rings (SSSR count). The van der Waals surface area contributed by atoms with E-state index in [0.29, 0.717) is 18.1 Å². The van der Waals surface area contributed by atoms with Crippen LogP contribution in [0.3, 0.4) is 0 Å². The van der Waals surface area contributed by atoms with Crippen molar-refractivity contribution in [2.24, 2.45) is 11.7 Å². The van der Waals surface area contributed by atoms with Crippen LogP contribution < -0.4 is 16.0 Å². The number of piperidine rings is 1. The molecule has 1 aliphatic rings. The molecule has 0 aliphatic carbocycles. The molecule has 0 bridgehead atoms. The van der Waals surface area contributed by atoms with Crippen molar-refractivity contribution in [3.05, 3.63) is 34.9 Å². The fourth-order valence-corrected chi connectivity index (χ4v) is 3.28. The van der Waals surface area contributed by atoms with Crippen LogP contribution in [0.25, 0.3) is 0 Å². The Morgan fingerprint density at radius 3 is 2.86 bits per heavy atom. The number of nitrogens with one attached hydrogen (secondary N) is 2. The molecule has 4 N–H and O–H groups in total. The highest BCUT2D eigenvalue weighted by Crippen LogP contribution is 2.21. The highest BCUT2D eigenvalue weighted by molar-refractivity contribution is 6.31. The van der Waals surface area contributed by atoms with Gasteiger partial charge in [0.2, 0.25) is 5.91 Å². The van der Waals surface area contributed by atoms with E-state index in [0.717, 1.165) is 29.8 Å². The molecule has 2 amide bonds. The van der Waals surface area contributed by atoms with Gasteiger partial charge in [-0.1, -0.05) is 29.8 Å². The van der Waals surface area contributed by atoms with Gasteiger partial charge in [-0.25, -0.2) is 0 Å². The van der Waals surface area contributed by atoms with E-state index in [-0.39, 0.29) is 23.8 Å². The normalized spacial score (nSPS) is 22.8. The first-order valence-electron chi connectivity index (χ1n) is 7.64. The zero-order valence-corrected chi connectivity index (χ0v) is 13.5. The minimum absolute atomic E-state index is 0.0347. The molecule has 6 heteroatoms. The van der Waals surface area contributed by atoms with E-state index in [1.54, 1.807) is 0 Å². The number of carbonyl (C=O) groups excluding carboxylic acids is 2. The van der Waals surface area contributed by atoms with E-state index in [1.165, 1.54) is 0 Å². The van der Waals surface area contributed by atoms with E-state index in [2.05, 4.69) is 5.32 Å². The Morgan fingerprint density at radius 2 is 2.18 bits per heavy atom. The Bertz CT molecular complexity index is 550. The van der Waals surface area contributed by atoms with Crippen LogP contribution >= 0.6 is 11.6 Å². The van der Waals surface area contributed by atoms with Crippen LogP contribution in [-0.4, -0.2) is 31.4 Å². The lowest BCUT2D eigenvalue weighted by atomic mass is 9.97. The lowest BCUT2D eigenvalue weighted by Gasteiger charge is -2.28. The number of amides is 2. The summed E-state index contributed by atoms with van der Waals surface area (Å²) in [7, 11) is 0. The summed E-state index contributed by atoms with van der Waals surface area (Å²) >= 11 is 6.14. The van der Waals surface area contributed by atoms with Crippen LogP contribution in [0, 0.1) is 5.92 Å². The summed E-state index contributed by atoms with van der Waals surface area (Å²) in [6.07, 6.45) is 1.76. The number of carbonyl (C=O) groups is 2. The molecule has 1 fully saturated rings. The topological polar surface area (TPSA) is 76.6 Å². The third-order valence-electron chi connectivity index (χ3n) is 4.18. The van der Waals surface area contributed by atoms with Crippen LogP contribution in [-0.2, 0) is 9.59 Å². The van der Waals surface area contributed by atoms with E-state index in [4.69, 9.17) is 17.3 Å². The van der Waals surface area contributed by atoms with E-state index in [1.807, 2.05) is 31.2 Å². The summed E-state index contributed by atoms with van der Waals surface area (Å²) in [5.41, 5.74) is 6.27. The van der Waals surface area contributed by atoms with Gasteiger partial charge in [-0.3, -0.25) is 9.59 Å². The predicted molar refractivity (Wildman–Crippen MR) is 85.5 cm³/mol. The van der Waals surface area contributed by atoms with Gasteiger partial charge >= 0.3 is 0 Å². The van der Waals surface area contributed by atoms with Gasteiger partial charge in [-0.15, -0.1) is 0 Å². The van der Waals surface area contributed by atoms with Crippen LogP contribution in [0.4, 0.5) is 0 Å². The second-order valence-electron chi connectivity index (χ2n) is 5.93. The first-order chi connectivity index (χ1) is 10.5. The van der Waals surface area contributed by atoms with Crippen molar-refractivity contribution in [1.82, 2.24) is 5.32 Å². The second kappa shape index (κ2) is 7.61. The Kier molecular flexibility index (Phi) is 5.80. The summed E-state index contributed by atoms with van der Waals surface area (Å²) in [5, 5.41) is 3.62. The van der Waals surface area contributed by atoms with Gasteiger partial charge in [0, 0.05) is 5.02 Å². The number of halogens is 1. The molecule has 1 aliphatic heterocycles. The first kappa shape index (κ1) is 16.8. The van der Waals surface area contributed by atoms with Crippen molar-refractivity contribution in [2.45, 2.75) is 25.8 Å². The van der Waals surface area contributed by atoms with Crippen LogP contribution in [0.1, 0.15) is 31.4 Å². The van der Waals surface area contributed by atoms with Crippen molar-refractivity contribution < 1.29 is 14.5 Å². The minimum Gasteiger partial charge on any atom is -0.369 e. The molecule has 3 atom stereocenters. The van der Waals surface area contributed by atoms with Crippen molar-refractivity contribution in [3.63, 3.8) is 0 Å². The van der Waals surface area contributed by atoms with Gasteiger partial charge in [0.05, 0.1) is 25.0 Å². The zero-order valence-electron chi connectivity index (χ0n) is 12.8. The summed E-state index contributed by atoms with van der Waals surface area (Å²) < 4.78 is 0. The Morgan fingerprint density at radius 1 is 1.45 bits per heavy atom. The minimum atomic E-state index is -0.262. The quantitative estimate of drug-likeness (QED) is 0.728. The van der Waals surface area contributed by atoms with Crippen molar-refractivity contribution in [1.29, 1.82) is 0 Å². The average molecular weight is 325 g/mol. The number of likely N-dealkylation sites (tertiary alicyclic amines) is 1. The van der Waals surface area contributed by atoms with Gasteiger partial charge in [0.1, 0.15) is 0 Å². The second-order valence-corrected chi connectivity index (χ2v) is 6.34.